The summed E-state index contributed by atoms with van der Waals surface area (Å²) in [6.07, 6.45) is 1.16. The summed E-state index contributed by atoms with van der Waals surface area (Å²) in [6, 6.07) is 3.45. The Morgan fingerprint density at radius 3 is 2.73 bits per heavy atom. The first-order valence-electron chi connectivity index (χ1n) is 7.22. The van der Waals surface area contributed by atoms with Crippen molar-refractivity contribution in [2.75, 3.05) is 19.6 Å². The number of carboxylic acid groups (broad SMARTS) is 2. The van der Waals surface area contributed by atoms with Crippen molar-refractivity contribution in [2.24, 2.45) is 11.8 Å². The Labute approximate surface area is 132 Å². The lowest BCUT2D eigenvalue weighted by atomic mass is 9.94. The number of Topliss-reactive ketones (excluding diaryl/α,β-unsaturated/α-hetero) is 1. The molecule has 1 aliphatic heterocycles. The zero-order valence-corrected chi connectivity index (χ0v) is 12.9. The average Bonchev–Trinajstić information content (AvgIpc) is 2.99. The Bertz CT molecular complexity index is 542. The van der Waals surface area contributed by atoms with Crippen molar-refractivity contribution in [1.29, 1.82) is 0 Å². The van der Waals surface area contributed by atoms with E-state index in [1.165, 1.54) is 11.3 Å². The lowest BCUT2D eigenvalue weighted by Gasteiger charge is -2.32. The molecule has 1 aromatic rings. The van der Waals surface area contributed by atoms with Crippen molar-refractivity contribution >= 4 is 29.1 Å². The third-order valence-corrected chi connectivity index (χ3v) is 4.77. The van der Waals surface area contributed by atoms with Crippen LogP contribution in [0, 0.1) is 11.8 Å². The van der Waals surface area contributed by atoms with Gasteiger partial charge in [-0.15, -0.1) is 11.3 Å². The van der Waals surface area contributed by atoms with Crippen molar-refractivity contribution in [1.82, 2.24) is 4.90 Å². The Hall–Kier alpha value is -1.73. The molecule has 0 aromatic carbocycles. The minimum Gasteiger partial charge on any atom is -0.481 e. The number of hydrogen-bond acceptors (Lipinski definition) is 5. The van der Waals surface area contributed by atoms with Crippen LogP contribution in [0.1, 0.15) is 28.9 Å². The van der Waals surface area contributed by atoms with Gasteiger partial charge in [-0.3, -0.25) is 14.4 Å². The number of rotatable bonds is 7. The van der Waals surface area contributed by atoms with Gasteiger partial charge in [0.2, 0.25) is 0 Å². The van der Waals surface area contributed by atoms with Crippen molar-refractivity contribution in [3.05, 3.63) is 22.4 Å². The van der Waals surface area contributed by atoms with Crippen LogP contribution in [-0.2, 0) is 9.59 Å². The molecule has 2 rings (SSSR count). The molecule has 22 heavy (non-hydrogen) atoms. The summed E-state index contributed by atoms with van der Waals surface area (Å²) >= 11 is 1.30. The first-order valence-corrected chi connectivity index (χ1v) is 8.10. The predicted molar refractivity (Wildman–Crippen MR) is 81.2 cm³/mol. The molecule has 1 fully saturated rings. The van der Waals surface area contributed by atoms with Gasteiger partial charge in [-0.05, 0) is 30.8 Å². The first kappa shape index (κ1) is 16.6. The molecule has 2 heterocycles. The number of nitrogens with zero attached hydrogens (tertiary/aromatic N) is 1. The number of carboxylic acids is 2. The predicted octanol–water partition coefficient (Wildman–Crippen LogP) is 1.82. The molecule has 0 aliphatic carbocycles. The van der Waals surface area contributed by atoms with E-state index in [0.717, 1.165) is 6.42 Å². The second-order valence-electron chi connectivity index (χ2n) is 5.57. The lowest BCUT2D eigenvalue weighted by molar-refractivity contribution is -0.144. The highest BCUT2D eigenvalue weighted by Gasteiger charge is 2.30. The van der Waals surface area contributed by atoms with E-state index in [-0.39, 0.29) is 12.2 Å². The van der Waals surface area contributed by atoms with E-state index < -0.39 is 23.8 Å². The summed E-state index contributed by atoms with van der Waals surface area (Å²) in [7, 11) is 0. The highest BCUT2D eigenvalue weighted by molar-refractivity contribution is 7.12. The Morgan fingerprint density at radius 1 is 1.36 bits per heavy atom. The SMILES string of the molecule is O=C(O)CC(CN1CCCC(C(=O)O)C1)C(=O)c1cccs1. The minimum absolute atomic E-state index is 0.171. The molecule has 0 amide bonds. The fraction of sp³-hybridized carbons (Fsp3) is 0.533. The second-order valence-corrected chi connectivity index (χ2v) is 6.52. The van der Waals surface area contributed by atoms with Gasteiger partial charge in [-0.2, -0.15) is 0 Å². The summed E-state index contributed by atoms with van der Waals surface area (Å²) in [5, 5.41) is 19.9. The van der Waals surface area contributed by atoms with Gasteiger partial charge in [0.25, 0.3) is 0 Å². The smallest absolute Gasteiger partial charge is 0.307 e. The standard InChI is InChI=1S/C15H19NO5S/c17-13(18)7-11(14(19)12-4-2-6-22-12)9-16-5-1-3-10(8-16)15(20)21/h2,4,6,10-11H,1,3,5,7-9H2,(H,17,18)(H,20,21). The summed E-state index contributed by atoms with van der Waals surface area (Å²) in [5.74, 6) is -3.08. The van der Waals surface area contributed by atoms with Crippen LogP contribution >= 0.6 is 11.3 Å². The third kappa shape index (κ3) is 4.38. The molecule has 6 nitrogen and oxygen atoms in total. The number of piperidine rings is 1. The largest absolute Gasteiger partial charge is 0.481 e. The van der Waals surface area contributed by atoms with E-state index in [2.05, 4.69) is 0 Å². The number of carbonyl (C=O) groups is 3. The van der Waals surface area contributed by atoms with Gasteiger partial charge < -0.3 is 15.1 Å². The maximum atomic E-state index is 12.4. The van der Waals surface area contributed by atoms with Crippen LogP contribution in [0.15, 0.2) is 17.5 Å². The van der Waals surface area contributed by atoms with Crippen LogP contribution in [0.25, 0.3) is 0 Å². The number of hydrogen-bond donors (Lipinski definition) is 2. The minimum atomic E-state index is -1.01. The number of ketones is 1. The zero-order chi connectivity index (χ0) is 16.1. The molecule has 7 heteroatoms. The molecule has 2 unspecified atom stereocenters. The molecule has 1 saturated heterocycles. The van der Waals surface area contributed by atoms with E-state index >= 15 is 0 Å². The normalized spacial score (nSPS) is 20.5. The third-order valence-electron chi connectivity index (χ3n) is 3.89. The number of likely N-dealkylation sites (tertiary alicyclic amines) is 1. The molecule has 2 atom stereocenters. The molecule has 0 spiro atoms. The van der Waals surface area contributed by atoms with Crippen LogP contribution in [0.4, 0.5) is 0 Å². The molecule has 120 valence electrons. The fourth-order valence-corrected chi connectivity index (χ4v) is 3.55. The van der Waals surface area contributed by atoms with Gasteiger partial charge in [0.1, 0.15) is 0 Å². The molecule has 0 radical (unpaired) electrons. The Morgan fingerprint density at radius 2 is 2.14 bits per heavy atom. The van der Waals surface area contributed by atoms with Gasteiger partial charge in [-0.1, -0.05) is 6.07 Å². The van der Waals surface area contributed by atoms with Crippen LogP contribution in [0.3, 0.4) is 0 Å². The maximum absolute atomic E-state index is 12.4. The van der Waals surface area contributed by atoms with E-state index in [9.17, 15) is 14.4 Å². The molecule has 0 saturated carbocycles. The van der Waals surface area contributed by atoms with Crippen LogP contribution in [0.2, 0.25) is 0 Å². The molecule has 2 N–H and O–H groups in total. The Balaban J connectivity index is 2.04. The summed E-state index contributed by atoms with van der Waals surface area (Å²) in [6.45, 7) is 1.38. The maximum Gasteiger partial charge on any atom is 0.307 e. The van der Waals surface area contributed by atoms with Gasteiger partial charge in [0.15, 0.2) is 5.78 Å². The Kier molecular flexibility index (Phi) is 5.68. The topological polar surface area (TPSA) is 94.9 Å². The van der Waals surface area contributed by atoms with Crippen LogP contribution in [-0.4, -0.2) is 52.5 Å². The number of carbonyl (C=O) groups excluding carboxylic acids is 1. The van der Waals surface area contributed by atoms with Crippen molar-refractivity contribution < 1.29 is 24.6 Å². The highest BCUT2D eigenvalue weighted by Crippen LogP contribution is 2.22. The summed E-state index contributed by atoms with van der Waals surface area (Å²) in [4.78, 5) is 37.0. The second kappa shape index (κ2) is 7.51. The van der Waals surface area contributed by atoms with E-state index in [4.69, 9.17) is 10.2 Å². The van der Waals surface area contributed by atoms with Gasteiger partial charge in [0, 0.05) is 19.0 Å². The number of thiophene rings is 1. The average molecular weight is 325 g/mol. The number of aliphatic carboxylic acids is 2. The monoisotopic (exact) mass is 325 g/mol. The summed E-state index contributed by atoms with van der Waals surface area (Å²) in [5.41, 5.74) is 0. The van der Waals surface area contributed by atoms with E-state index in [1.807, 2.05) is 4.90 Å². The van der Waals surface area contributed by atoms with Crippen molar-refractivity contribution in [3.8, 4) is 0 Å². The van der Waals surface area contributed by atoms with Gasteiger partial charge >= 0.3 is 11.9 Å². The molecular formula is C15H19NO5S. The highest BCUT2D eigenvalue weighted by atomic mass is 32.1. The van der Waals surface area contributed by atoms with E-state index in [1.54, 1.807) is 17.5 Å². The fourth-order valence-electron chi connectivity index (χ4n) is 2.81. The van der Waals surface area contributed by atoms with Crippen molar-refractivity contribution in [3.63, 3.8) is 0 Å². The van der Waals surface area contributed by atoms with Crippen molar-refractivity contribution in [2.45, 2.75) is 19.3 Å². The molecule has 1 aliphatic rings. The van der Waals surface area contributed by atoms with Crippen LogP contribution in [0.5, 0.6) is 0 Å². The lowest BCUT2D eigenvalue weighted by Crippen LogP contribution is -2.42. The van der Waals surface area contributed by atoms with Gasteiger partial charge in [0.05, 0.1) is 17.2 Å². The first-order chi connectivity index (χ1) is 10.5. The zero-order valence-electron chi connectivity index (χ0n) is 12.1. The quantitative estimate of drug-likeness (QED) is 0.743. The summed E-state index contributed by atoms with van der Waals surface area (Å²) < 4.78 is 0. The molecule has 1 aromatic heterocycles. The van der Waals surface area contributed by atoms with Gasteiger partial charge in [-0.25, -0.2) is 0 Å². The molecule has 0 bridgehead atoms. The molecular weight excluding hydrogens is 306 g/mol. The van der Waals surface area contributed by atoms with E-state index in [0.29, 0.717) is 30.9 Å². The van der Waals surface area contributed by atoms with Crippen LogP contribution < -0.4 is 0 Å².